The summed E-state index contributed by atoms with van der Waals surface area (Å²) in [6, 6.07) is 16.4. The highest BCUT2D eigenvalue weighted by Crippen LogP contribution is 2.24. The molecule has 0 spiro atoms. The summed E-state index contributed by atoms with van der Waals surface area (Å²) in [6.07, 6.45) is 0. The minimum atomic E-state index is -0.514. The Balaban J connectivity index is 1.83. The first-order valence-electron chi connectivity index (χ1n) is 7.37. The maximum atomic E-state index is 12.9. The third-order valence-electron chi connectivity index (χ3n) is 3.70. The second-order valence-corrected chi connectivity index (χ2v) is 5.36. The summed E-state index contributed by atoms with van der Waals surface area (Å²) in [7, 11) is 0. The predicted octanol–water partition coefficient (Wildman–Crippen LogP) is 3.84. The van der Waals surface area contributed by atoms with E-state index in [-0.39, 0.29) is 17.1 Å². The number of hydrogen-bond donors (Lipinski definition) is 2. The van der Waals surface area contributed by atoms with E-state index in [0.29, 0.717) is 11.3 Å². The predicted molar refractivity (Wildman–Crippen MR) is 91.7 cm³/mol. The van der Waals surface area contributed by atoms with Gasteiger partial charge < -0.3 is 5.11 Å². The Morgan fingerprint density at radius 2 is 1.67 bits per heavy atom. The molecule has 0 radical (unpaired) electrons. The van der Waals surface area contributed by atoms with E-state index in [2.05, 4.69) is 10.5 Å². The van der Waals surface area contributed by atoms with Crippen LogP contribution in [0.5, 0.6) is 5.75 Å². The van der Waals surface area contributed by atoms with E-state index in [1.165, 1.54) is 12.1 Å². The number of fused-ring (bicyclic) bond motifs is 1. The topological polar surface area (TPSA) is 61.7 Å². The molecule has 0 unspecified atom stereocenters. The van der Waals surface area contributed by atoms with Crippen molar-refractivity contribution in [2.24, 2.45) is 5.10 Å². The van der Waals surface area contributed by atoms with Gasteiger partial charge in [0.25, 0.3) is 5.91 Å². The van der Waals surface area contributed by atoms with E-state index in [1.807, 2.05) is 24.3 Å². The number of phenolic OH excluding ortho intramolecular Hbond substituents is 1. The first-order chi connectivity index (χ1) is 11.5. The highest BCUT2D eigenvalue weighted by atomic mass is 19.1. The molecular formula is C19H15FN2O2. The number of rotatable bonds is 3. The van der Waals surface area contributed by atoms with Crippen LogP contribution in [0.25, 0.3) is 10.8 Å². The summed E-state index contributed by atoms with van der Waals surface area (Å²) in [5, 5.41) is 15.7. The van der Waals surface area contributed by atoms with Crippen molar-refractivity contribution in [1.29, 1.82) is 0 Å². The summed E-state index contributed by atoms with van der Waals surface area (Å²) in [5.41, 5.74) is 3.78. The molecule has 2 N–H and O–H groups in total. The number of halogens is 1. The van der Waals surface area contributed by atoms with Gasteiger partial charge in [0.1, 0.15) is 11.6 Å². The molecule has 0 aromatic heterocycles. The highest BCUT2D eigenvalue weighted by molar-refractivity contribution is 6.03. The van der Waals surface area contributed by atoms with Crippen molar-refractivity contribution in [3.63, 3.8) is 0 Å². The molecule has 0 saturated carbocycles. The Morgan fingerprint density at radius 3 is 2.33 bits per heavy atom. The molecule has 24 heavy (non-hydrogen) atoms. The summed E-state index contributed by atoms with van der Waals surface area (Å²) < 4.78 is 12.9. The van der Waals surface area contributed by atoms with Crippen molar-refractivity contribution in [1.82, 2.24) is 5.43 Å². The van der Waals surface area contributed by atoms with Crippen LogP contribution in [-0.4, -0.2) is 16.7 Å². The van der Waals surface area contributed by atoms with Crippen molar-refractivity contribution < 1.29 is 14.3 Å². The maximum absolute atomic E-state index is 12.9. The lowest BCUT2D eigenvalue weighted by atomic mass is 10.1. The zero-order chi connectivity index (χ0) is 17.1. The van der Waals surface area contributed by atoms with Gasteiger partial charge in [-0.25, -0.2) is 9.82 Å². The molecular weight excluding hydrogens is 307 g/mol. The quantitative estimate of drug-likeness (QED) is 0.568. The standard InChI is InChI=1S/C19H15FN2O2/c1-12(13-6-8-16(20)9-7-13)21-22-19(24)17-10-14-4-2-3-5-15(14)11-18(17)23/h2-11,23H,1H3,(H,22,24)/b21-12-. The molecule has 0 fully saturated rings. The van der Waals surface area contributed by atoms with E-state index in [9.17, 15) is 14.3 Å². The van der Waals surface area contributed by atoms with Crippen molar-refractivity contribution >= 4 is 22.4 Å². The number of carbonyl (C=O) groups excluding carboxylic acids is 1. The molecule has 0 heterocycles. The Morgan fingerprint density at radius 1 is 1.04 bits per heavy atom. The summed E-state index contributed by atoms with van der Waals surface area (Å²) in [5.74, 6) is -0.961. The van der Waals surface area contributed by atoms with Gasteiger partial charge in [-0.2, -0.15) is 5.10 Å². The summed E-state index contributed by atoms with van der Waals surface area (Å²) in [4.78, 5) is 12.3. The fourth-order valence-electron chi connectivity index (χ4n) is 2.36. The van der Waals surface area contributed by atoms with Crippen LogP contribution in [0.3, 0.4) is 0 Å². The van der Waals surface area contributed by atoms with E-state index in [1.54, 1.807) is 31.2 Å². The minimum absolute atomic E-state index is 0.110. The number of aromatic hydroxyl groups is 1. The Hall–Kier alpha value is -3.21. The minimum Gasteiger partial charge on any atom is -0.507 e. The zero-order valence-electron chi connectivity index (χ0n) is 13.0. The summed E-state index contributed by atoms with van der Waals surface area (Å²) >= 11 is 0. The van der Waals surface area contributed by atoms with Crippen molar-refractivity contribution in [3.05, 3.63) is 77.6 Å². The molecule has 0 aliphatic rings. The van der Waals surface area contributed by atoms with Crippen LogP contribution in [0.4, 0.5) is 4.39 Å². The Labute approximate surface area is 138 Å². The lowest BCUT2D eigenvalue weighted by Crippen LogP contribution is -2.19. The van der Waals surface area contributed by atoms with Gasteiger partial charge in [0.15, 0.2) is 0 Å². The molecule has 5 heteroatoms. The molecule has 0 bridgehead atoms. The van der Waals surface area contributed by atoms with Gasteiger partial charge in [0, 0.05) is 0 Å². The SMILES string of the molecule is C/C(=N/NC(=O)c1cc2ccccc2cc1O)c1ccc(F)cc1. The molecule has 0 aliphatic heterocycles. The maximum Gasteiger partial charge on any atom is 0.275 e. The molecule has 1 amide bonds. The Kier molecular flexibility index (Phi) is 4.24. The van der Waals surface area contributed by atoms with Gasteiger partial charge in [-0.1, -0.05) is 36.4 Å². The van der Waals surface area contributed by atoms with Gasteiger partial charge in [-0.05, 0) is 47.5 Å². The van der Waals surface area contributed by atoms with Crippen LogP contribution in [0.15, 0.2) is 65.8 Å². The normalized spacial score (nSPS) is 11.5. The number of phenols is 1. The largest absolute Gasteiger partial charge is 0.507 e. The second kappa shape index (κ2) is 6.50. The van der Waals surface area contributed by atoms with Gasteiger partial charge in [-0.3, -0.25) is 4.79 Å². The van der Waals surface area contributed by atoms with Crippen LogP contribution in [0.1, 0.15) is 22.8 Å². The van der Waals surface area contributed by atoms with Gasteiger partial charge >= 0.3 is 0 Å². The fourth-order valence-corrected chi connectivity index (χ4v) is 2.36. The number of amides is 1. The molecule has 120 valence electrons. The molecule has 3 rings (SSSR count). The van der Waals surface area contributed by atoms with Crippen LogP contribution >= 0.6 is 0 Å². The average molecular weight is 322 g/mol. The van der Waals surface area contributed by atoms with Crippen LogP contribution < -0.4 is 5.43 Å². The van der Waals surface area contributed by atoms with Crippen molar-refractivity contribution in [2.75, 3.05) is 0 Å². The zero-order valence-corrected chi connectivity index (χ0v) is 13.0. The van der Waals surface area contributed by atoms with E-state index >= 15 is 0 Å². The Bertz CT molecular complexity index is 934. The lowest BCUT2D eigenvalue weighted by molar-refractivity contribution is 0.0952. The molecule has 0 aliphatic carbocycles. The molecule has 3 aromatic carbocycles. The highest BCUT2D eigenvalue weighted by Gasteiger charge is 2.12. The van der Waals surface area contributed by atoms with E-state index in [0.717, 1.165) is 10.8 Å². The number of nitrogens with one attached hydrogen (secondary N) is 1. The lowest BCUT2D eigenvalue weighted by Gasteiger charge is -2.07. The number of hydrazone groups is 1. The fraction of sp³-hybridized carbons (Fsp3) is 0.0526. The monoisotopic (exact) mass is 322 g/mol. The van der Waals surface area contributed by atoms with Crippen molar-refractivity contribution in [3.8, 4) is 5.75 Å². The third-order valence-corrected chi connectivity index (χ3v) is 3.70. The summed E-state index contributed by atoms with van der Waals surface area (Å²) in [6.45, 7) is 1.70. The molecule has 4 nitrogen and oxygen atoms in total. The van der Waals surface area contributed by atoms with Crippen molar-refractivity contribution in [2.45, 2.75) is 6.92 Å². The van der Waals surface area contributed by atoms with Gasteiger partial charge in [0.2, 0.25) is 0 Å². The molecule has 0 atom stereocenters. The molecule has 3 aromatic rings. The smallest absolute Gasteiger partial charge is 0.275 e. The van der Waals surface area contributed by atoms with Gasteiger partial charge in [0.05, 0.1) is 11.3 Å². The first kappa shape index (κ1) is 15.7. The van der Waals surface area contributed by atoms with Crippen LogP contribution in [0.2, 0.25) is 0 Å². The molecule has 0 saturated heterocycles. The number of carbonyl (C=O) groups is 1. The average Bonchev–Trinajstić information content (AvgIpc) is 2.59. The van der Waals surface area contributed by atoms with E-state index < -0.39 is 5.91 Å². The first-order valence-corrected chi connectivity index (χ1v) is 7.37. The van der Waals surface area contributed by atoms with Crippen LogP contribution in [0, 0.1) is 5.82 Å². The van der Waals surface area contributed by atoms with E-state index in [4.69, 9.17) is 0 Å². The van der Waals surface area contributed by atoms with Gasteiger partial charge in [-0.15, -0.1) is 0 Å². The number of benzene rings is 3. The number of hydrogen-bond acceptors (Lipinski definition) is 3. The van der Waals surface area contributed by atoms with Crippen LogP contribution in [-0.2, 0) is 0 Å². The third kappa shape index (κ3) is 3.25. The number of nitrogens with zero attached hydrogens (tertiary/aromatic N) is 1. The second-order valence-electron chi connectivity index (χ2n) is 5.36.